The molecule has 1 heterocycles. The van der Waals surface area contributed by atoms with E-state index in [2.05, 4.69) is 0 Å². The first-order chi connectivity index (χ1) is 10.1. The number of thiophene rings is 1. The van der Waals surface area contributed by atoms with Crippen molar-refractivity contribution in [3.8, 4) is 0 Å². The summed E-state index contributed by atoms with van der Waals surface area (Å²) in [5.74, 6) is -1.08. The number of esters is 1. The van der Waals surface area contributed by atoms with Crippen LogP contribution < -0.4 is 0 Å². The monoisotopic (exact) mass is 309 g/mol. The van der Waals surface area contributed by atoms with Crippen molar-refractivity contribution < 1.29 is 18.7 Å². The maximum absolute atomic E-state index is 13.7. The maximum atomic E-state index is 13.7. The van der Waals surface area contributed by atoms with E-state index in [4.69, 9.17) is 4.74 Å². The van der Waals surface area contributed by atoms with Gasteiger partial charge in [-0.05, 0) is 32.0 Å². The summed E-state index contributed by atoms with van der Waals surface area (Å²) in [6.07, 6.45) is 0. The Morgan fingerprint density at radius 1 is 1.33 bits per heavy atom. The van der Waals surface area contributed by atoms with Gasteiger partial charge in [0.05, 0.1) is 11.5 Å². The van der Waals surface area contributed by atoms with Gasteiger partial charge in [0.2, 0.25) is 0 Å². The van der Waals surface area contributed by atoms with Gasteiger partial charge in [-0.25, -0.2) is 4.39 Å². The zero-order valence-electron chi connectivity index (χ0n) is 11.9. The molecule has 0 aliphatic rings. The lowest BCUT2D eigenvalue weighted by molar-refractivity contribution is -0.143. The SMILES string of the molecule is CCOC(=O)CN(CC)C(=O)c1cc2c(F)cccc2s1. The van der Waals surface area contributed by atoms with Crippen LogP contribution in [-0.2, 0) is 9.53 Å². The van der Waals surface area contributed by atoms with E-state index < -0.39 is 5.97 Å². The standard InChI is InChI=1S/C15H16FNO3S/c1-3-17(9-14(18)20-4-2)15(19)13-8-10-11(16)6-5-7-12(10)21-13/h5-8H,3-4,9H2,1-2H3. The van der Waals surface area contributed by atoms with Crippen LogP contribution in [0.3, 0.4) is 0 Å². The molecule has 0 radical (unpaired) electrons. The molecule has 0 N–H and O–H groups in total. The third-order valence-electron chi connectivity index (χ3n) is 3.01. The number of rotatable bonds is 5. The van der Waals surface area contributed by atoms with Crippen molar-refractivity contribution in [2.24, 2.45) is 0 Å². The van der Waals surface area contributed by atoms with E-state index in [-0.39, 0.29) is 24.9 Å². The summed E-state index contributed by atoms with van der Waals surface area (Å²) in [4.78, 5) is 25.7. The molecule has 1 aromatic heterocycles. The van der Waals surface area contributed by atoms with Crippen LogP contribution in [0.2, 0.25) is 0 Å². The van der Waals surface area contributed by atoms with Gasteiger partial charge in [0, 0.05) is 16.6 Å². The molecule has 6 heteroatoms. The van der Waals surface area contributed by atoms with Gasteiger partial charge in [-0.3, -0.25) is 9.59 Å². The number of benzene rings is 1. The minimum Gasteiger partial charge on any atom is -0.465 e. The molecule has 0 saturated heterocycles. The van der Waals surface area contributed by atoms with Crippen molar-refractivity contribution >= 4 is 33.3 Å². The fourth-order valence-electron chi connectivity index (χ4n) is 1.98. The van der Waals surface area contributed by atoms with Crippen LogP contribution >= 0.6 is 11.3 Å². The van der Waals surface area contributed by atoms with Gasteiger partial charge in [-0.2, -0.15) is 0 Å². The first kappa shape index (κ1) is 15.4. The molecule has 1 amide bonds. The molecule has 0 saturated carbocycles. The Morgan fingerprint density at radius 2 is 2.10 bits per heavy atom. The van der Waals surface area contributed by atoms with E-state index in [1.807, 2.05) is 0 Å². The van der Waals surface area contributed by atoms with E-state index >= 15 is 0 Å². The minimum absolute atomic E-state index is 0.0973. The zero-order chi connectivity index (χ0) is 15.4. The van der Waals surface area contributed by atoms with Gasteiger partial charge in [-0.1, -0.05) is 6.07 Å². The van der Waals surface area contributed by atoms with Gasteiger partial charge >= 0.3 is 5.97 Å². The number of hydrogen-bond acceptors (Lipinski definition) is 4. The van der Waals surface area contributed by atoms with Crippen molar-refractivity contribution in [2.75, 3.05) is 19.7 Å². The zero-order valence-corrected chi connectivity index (χ0v) is 12.7. The van der Waals surface area contributed by atoms with E-state index in [0.717, 1.165) is 0 Å². The molecule has 0 aliphatic heterocycles. The molecule has 1 aromatic carbocycles. The molecule has 2 aromatic rings. The van der Waals surface area contributed by atoms with Crippen molar-refractivity contribution in [2.45, 2.75) is 13.8 Å². The third kappa shape index (κ3) is 3.39. The van der Waals surface area contributed by atoms with Gasteiger partial charge in [0.25, 0.3) is 5.91 Å². The van der Waals surface area contributed by atoms with Crippen LogP contribution in [0.4, 0.5) is 4.39 Å². The van der Waals surface area contributed by atoms with Gasteiger partial charge in [0.15, 0.2) is 0 Å². The smallest absolute Gasteiger partial charge is 0.325 e. The Hall–Kier alpha value is -1.95. The summed E-state index contributed by atoms with van der Waals surface area (Å²) in [5.41, 5.74) is 0. The van der Waals surface area contributed by atoms with Crippen molar-refractivity contribution in [3.05, 3.63) is 35.0 Å². The number of carbonyl (C=O) groups is 2. The highest BCUT2D eigenvalue weighted by atomic mass is 32.1. The summed E-state index contributed by atoms with van der Waals surface area (Å²) in [7, 11) is 0. The predicted octanol–water partition coefficient (Wildman–Crippen LogP) is 3.07. The largest absolute Gasteiger partial charge is 0.465 e. The Kier molecular flexibility index (Phi) is 4.90. The topological polar surface area (TPSA) is 46.6 Å². The number of hydrogen-bond donors (Lipinski definition) is 0. The lowest BCUT2D eigenvalue weighted by Gasteiger charge is -2.18. The maximum Gasteiger partial charge on any atom is 0.325 e. The second-order valence-corrected chi connectivity index (χ2v) is 5.47. The van der Waals surface area contributed by atoms with Crippen LogP contribution in [0.1, 0.15) is 23.5 Å². The molecule has 0 atom stereocenters. The Morgan fingerprint density at radius 3 is 2.71 bits per heavy atom. The van der Waals surface area contributed by atoms with Crippen LogP contribution in [0.15, 0.2) is 24.3 Å². The molecule has 4 nitrogen and oxygen atoms in total. The molecular weight excluding hydrogens is 293 g/mol. The third-order valence-corrected chi connectivity index (χ3v) is 4.10. The van der Waals surface area contributed by atoms with Crippen LogP contribution in [-0.4, -0.2) is 36.5 Å². The molecule has 21 heavy (non-hydrogen) atoms. The van der Waals surface area contributed by atoms with Gasteiger partial charge in [-0.15, -0.1) is 11.3 Å². The quantitative estimate of drug-likeness (QED) is 0.798. The summed E-state index contributed by atoms with van der Waals surface area (Å²) < 4.78 is 19.2. The fraction of sp³-hybridized carbons (Fsp3) is 0.333. The highest BCUT2D eigenvalue weighted by Crippen LogP contribution is 2.28. The minimum atomic E-state index is -0.444. The first-order valence-corrected chi connectivity index (χ1v) is 7.51. The van der Waals surface area contributed by atoms with Crippen LogP contribution in [0, 0.1) is 5.82 Å². The van der Waals surface area contributed by atoms with Crippen molar-refractivity contribution in [1.29, 1.82) is 0 Å². The average Bonchev–Trinajstić information content (AvgIpc) is 2.90. The van der Waals surface area contributed by atoms with Crippen molar-refractivity contribution in [1.82, 2.24) is 4.90 Å². The number of likely N-dealkylation sites (N-methyl/N-ethyl adjacent to an activating group) is 1. The predicted molar refractivity (Wildman–Crippen MR) is 80.0 cm³/mol. The highest BCUT2D eigenvalue weighted by molar-refractivity contribution is 7.20. The number of halogens is 1. The Bertz CT molecular complexity index is 668. The summed E-state index contributed by atoms with van der Waals surface area (Å²) in [6.45, 7) is 4.06. The van der Waals surface area contributed by atoms with E-state index in [9.17, 15) is 14.0 Å². The Balaban J connectivity index is 2.23. The Labute approximate surface area is 126 Å². The average molecular weight is 309 g/mol. The van der Waals surface area contributed by atoms with Crippen LogP contribution in [0.25, 0.3) is 10.1 Å². The molecule has 0 unspecified atom stereocenters. The van der Waals surface area contributed by atoms with E-state index in [1.54, 1.807) is 26.0 Å². The molecule has 112 valence electrons. The lowest BCUT2D eigenvalue weighted by Crippen LogP contribution is -2.35. The van der Waals surface area contributed by atoms with Gasteiger partial charge in [0.1, 0.15) is 12.4 Å². The number of ether oxygens (including phenoxy) is 1. The first-order valence-electron chi connectivity index (χ1n) is 6.69. The molecule has 2 rings (SSSR count). The molecule has 0 aliphatic carbocycles. The normalized spacial score (nSPS) is 10.6. The van der Waals surface area contributed by atoms with E-state index in [0.29, 0.717) is 21.5 Å². The molecular formula is C15H16FNO3S. The number of nitrogens with zero attached hydrogens (tertiary/aromatic N) is 1. The van der Waals surface area contributed by atoms with Gasteiger partial charge < -0.3 is 9.64 Å². The fourth-order valence-corrected chi connectivity index (χ4v) is 3.02. The summed E-state index contributed by atoms with van der Waals surface area (Å²) in [5, 5.41) is 0.429. The second-order valence-electron chi connectivity index (χ2n) is 4.39. The summed E-state index contributed by atoms with van der Waals surface area (Å²) >= 11 is 1.22. The summed E-state index contributed by atoms with van der Waals surface area (Å²) in [6, 6.07) is 6.27. The van der Waals surface area contributed by atoms with Crippen molar-refractivity contribution in [3.63, 3.8) is 0 Å². The molecule has 0 bridgehead atoms. The number of carbonyl (C=O) groups excluding carboxylic acids is 2. The molecule has 0 spiro atoms. The molecule has 0 fully saturated rings. The number of fused-ring (bicyclic) bond motifs is 1. The highest BCUT2D eigenvalue weighted by Gasteiger charge is 2.20. The lowest BCUT2D eigenvalue weighted by atomic mass is 10.2. The second kappa shape index (κ2) is 6.67. The van der Waals surface area contributed by atoms with Crippen LogP contribution in [0.5, 0.6) is 0 Å². The van der Waals surface area contributed by atoms with E-state index in [1.165, 1.54) is 28.4 Å². The number of amides is 1.